The van der Waals surface area contributed by atoms with Gasteiger partial charge in [0.2, 0.25) is 0 Å². The monoisotopic (exact) mass is 1280 g/mol. The van der Waals surface area contributed by atoms with Gasteiger partial charge in [0, 0.05) is 0 Å². The van der Waals surface area contributed by atoms with Gasteiger partial charge in [-0.3, -0.25) is 0 Å². The van der Waals surface area contributed by atoms with Crippen LogP contribution < -0.4 is 0 Å². The van der Waals surface area contributed by atoms with Gasteiger partial charge in [0.25, 0.3) is 0 Å². The second-order valence-electron chi connectivity index (χ2n) is 0. The summed E-state index contributed by atoms with van der Waals surface area (Å²) < 4.78 is 0. The van der Waals surface area contributed by atoms with Crippen molar-refractivity contribution in [2.75, 3.05) is 0 Å². The molecule has 0 aliphatic carbocycles. The van der Waals surface area contributed by atoms with E-state index in [0.29, 0.717) is 0 Å². The summed E-state index contributed by atoms with van der Waals surface area (Å²) in [5, 5.41) is 0. The Morgan fingerprint density at radius 1 is 0.0312 bits per heavy atom. The Morgan fingerprint density at radius 2 is 0.0312 bits per heavy atom. The van der Waals surface area contributed by atoms with Gasteiger partial charge in [0.05, 0.1) is 0 Å². The summed E-state index contributed by atoms with van der Waals surface area (Å²) in [5.74, 6) is 0. The molecule has 0 heterocycles. The van der Waals surface area contributed by atoms with Crippen LogP contribution in [0.15, 0.2) is 0 Å². The van der Waals surface area contributed by atoms with Gasteiger partial charge >= 0.3 is 1640 Å². The standard InChI is InChI=1S/32K.32H. The van der Waals surface area contributed by atoms with E-state index in [1.165, 1.54) is 0 Å². The molecule has 0 bridgehead atoms. The van der Waals surface area contributed by atoms with Crippen molar-refractivity contribution >= 4 is 1640 Å². The summed E-state index contributed by atoms with van der Waals surface area (Å²) in [5.41, 5.74) is 0. The zero-order chi connectivity index (χ0) is 0. The third-order valence-electron chi connectivity index (χ3n) is 0. The average Bonchev–Trinajstić information content (AvgIpc) is 0. The molecule has 0 fully saturated rings. The molecule has 0 saturated heterocycles. The van der Waals surface area contributed by atoms with Gasteiger partial charge in [-0.25, -0.2) is 0 Å². The van der Waals surface area contributed by atoms with Crippen molar-refractivity contribution in [2.24, 2.45) is 0 Å². The first-order valence-electron chi connectivity index (χ1n) is 0. The van der Waals surface area contributed by atoms with E-state index in [2.05, 4.69) is 0 Å². The number of rotatable bonds is 0. The van der Waals surface area contributed by atoms with E-state index in [1.54, 1.807) is 0 Å². The molecule has 32 heteroatoms. The molecule has 32 heavy (non-hydrogen) atoms. The number of hydrogen-bond donors (Lipinski definition) is 0. The van der Waals surface area contributed by atoms with E-state index in [4.69, 9.17) is 0 Å². The van der Waals surface area contributed by atoms with Gasteiger partial charge in [0.1, 0.15) is 0 Å². The maximum absolute atomic E-state index is 0. The molecule has 0 radical (unpaired) electrons. The molecule has 0 atom stereocenters. The van der Waals surface area contributed by atoms with E-state index in [-0.39, 0.29) is 1640 Å². The Kier molecular flexibility index (Phi) is 1380. The zero-order valence-corrected chi connectivity index (χ0v) is 0. The predicted octanol–water partition coefficient (Wildman–Crippen LogP) is -20.8. The van der Waals surface area contributed by atoms with Crippen LogP contribution in [0.2, 0.25) is 0 Å². The van der Waals surface area contributed by atoms with Crippen LogP contribution in [0.25, 0.3) is 0 Å². The van der Waals surface area contributed by atoms with Crippen LogP contribution in [-0.4, -0.2) is 1640 Å². The van der Waals surface area contributed by atoms with Crippen LogP contribution in [0.4, 0.5) is 0 Å². The topological polar surface area (TPSA) is 0 Å². The summed E-state index contributed by atoms with van der Waals surface area (Å²) >= 11 is 0. The number of hydrogen-bond acceptors (Lipinski definition) is 0. The third-order valence-corrected chi connectivity index (χ3v) is 0. The molecule has 0 spiro atoms. The summed E-state index contributed by atoms with van der Waals surface area (Å²) in [6, 6.07) is 0. The third kappa shape index (κ3) is 199. The molecular formula is H32K32. The van der Waals surface area contributed by atoms with Crippen molar-refractivity contribution in [2.45, 2.75) is 0 Å². The molecule has 0 amide bonds. The van der Waals surface area contributed by atoms with Crippen LogP contribution in [-0.2, 0) is 0 Å². The molecule has 0 unspecified atom stereocenters. The molecule has 0 N–H and O–H groups in total. The van der Waals surface area contributed by atoms with Gasteiger partial charge in [-0.15, -0.1) is 0 Å². The van der Waals surface area contributed by atoms with Gasteiger partial charge in [-0.05, 0) is 0 Å². The minimum absolute atomic E-state index is 0. The van der Waals surface area contributed by atoms with E-state index >= 15 is 0 Å². The molecule has 0 aromatic heterocycles. The van der Waals surface area contributed by atoms with Gasteiger partial charge in [-0.2, -0.15) is 0 Å². The normalized spacial score (nSPS) is 0. The van der Waals surface area contributed by atoms with Crippen molar-refractivity contribution in [1.82, 2.24) is 0 Å². The fraction of sp³-hybridized carbons (Fsp3) is 0. The molecule has 64 valence electrons. The second-order valence-corrected chi connectivity index (χ2v) is 0. The van der Waals surface area contributed by atoms with Crippen LogP contribution in [0.5, 0.6) is 0 Å². The SMILES string of the molecule is [KH].[KH].[KH].[KH].[KH].[KH].[KH].[KH].[KH].[KH].[KH].[KH].[KH].[KH].[KH].[KH].[KH].[KH].[KH].[KH].[KH].[KH].[KH].[KH].[KH].[KH].[KH].[KH].[KH].[KH].[KH].[KH]. The average molecular weight is 1280 g/mol. The molecule has 0 aliphatic rings. The fourth-order valence-electron chi connectivity index (χ4n) is 0. The Balaban J connectivity index is 0. The van der Waals surface area contributed by atoms with E-state index in [9.17, 15) is 0 Å². The molecule has 0 saturated carbocycles. The Bertz CT molecular complexity index is 0. The van der Waals surface area contributed by atoms with Crippen molar-refractivity contribution in [1.29, 1.82) is 0 Å². The summed E-state index contributed by atoms with van der Waals surface area (Å²) in [7, 11) is 0. The first kappa shape index (κ1) is 214. The summed E-state index contributed by atoms with van der Waals surface area (Å²) in [6.07, 6.45) is 0. The Morgan fingerprint density at radius 3 is 0.0312 bits per heavy atom. The van der Waals surface area contributed by atoms with Gasteiger partial charge in [-0.1, -0.05) is 0 Å². The van der Waals surface area contributed by atoms with Crippen molar-refractivity contribution in [3.63, 3.8) is 0 Å². The molecule has 0 nitrogen and oxygen atoms in total. The quantitative estimate of drug-likeness (QED) is 0.212. The zero-order valence-electron chi connectivity index (χ0n) is 0. The van der Waals surface area contributed by atoms with Crippen molar-refractivity contribution in [3.8, 4) is 0 Å². The predicted molar refractivity (Wildman–Crippen MR) is 229 cm³/mol. The molecule has 0 rings (SSSR count). The Hall–Kier alpha value is 52.4. The molecule has 0 aliphatic heterocycles. The van der Waals surface area contributed by atoms with E-state index in [1.807, 2.05) is 0 Å². The second kappa shape index (κ2) is 206. The van der Waals surface area contributed by atoms with E-state index in [0.717, 1.165) is 0 Å². The molecular weight excluding hydrogens is 1250 g/mol. The van der Waals surface area contributed by atoms with Crippen LogP contribution in [0, 0.1) is 0 Å². The first-order chi connectivity index (χ1) is 0. The van der Waals surface area contributed by atoms with Crippen LogP contribution >= 0.6 is 0 Å². The van der Waals surface area contributed by atoms with E-state index < -0.39 is 0 Å². The molecule has 0 aromatic carbocycles. The summed E-state index contributed by atoms with van der Waals surface area (Å²) in [6.45, 7) is 0. The minimum atomic E-state index is 0. The fourth-order valence-corrected chi connectivity index (χ4v) is 0. The maximum atomic E-state index is 0. The van der Waals surface area contributed by atoms with Crippen LogP contribution in [0.3, 0.4) is 0 Å². The summed E-state index contributed by atoms with van der Waals surface area (Å²) in [4.78, 5) is 0. The van der Waals surface area contributed by atoms with Crippen LogP contribution in [0.1, 0.15) is 0 Å². The molecule has 0 aromatic rings. The van der Waals surface area contributed by atoms with Gasteiger partial charge < -0.3 is 0 Å². The van der Waals surface area contributed by atoms with Crippen molar-refractivity contribution in [3.05, 3.63) is 0 Å². The van der Waals surface area contributed by atoms with Gasteiger partial charge in [0.15, 0.2) is 0 Å². The first-order valence-corrected chi connectivity index (χ1v) is 0. The van der Waals surface area contributed by atoms with Crippen molar-refractivity contribution < 1.29 is 0 Å². The Labute approximate surface area is 1570 Å².